The highest BCUT2D eigenvalue weighted by atomic mass is 17.5. The summed E-state index contributed by atoms with van der Waals surface area (Å²) in [4.78, 5) is 9.80. The van der Waals surface area contributed by atoms with E-state index in [9.17, 15) is 0 Å². The maximum atomic E-state index is 5.08. The first-order valence-corrected chi connectivity index (χ1v) is 11.1. The summed E-state index contributed by atoms with van der Waals surface area (Å²) in [6.07, 6.45) is 20.8. The maximum Gasteiger partial charge on any atom is 0.0933 e. The third-order valence-electron chi connectivity index (χ3n) is 4.76. The van der Waals surface area contributed by atoms with E-state index in [4.69, 9.17) is 9.78 Å². The highest BCUT2D eigenvalue weighted by Crippen LogP contribution is 2.15. The molecule has 0 rings (SSSR count). The van der Waals surface area contributed by atoms with Crippen LogP contribution < -0.4 is 0 Å². The first kappa shape index (κ1) is 24.9. The first-order chi connectivity index (χ1) is 12.2. The Kier molecular flexibility index (Phi) is 20.1. The fourth-order valence-corrected chi connectivity index (χ4v) is 3.12. The zero-order valence-corrected chi connectivity index (χ0v) is 17.7. The van der Waals surface area contributed by atoms with Crippen molar-refractivity contribution >= 4 is 0 Å². The van der Waals surface area contributed by atoms with E-state index in [0.29, 0.717) is 6.61 Å². The Morgan fingerprint density at radius 3 is 1.36 bits per heavy atom. The molecule has 0 heterocycles. The summed E-state index contributed by atoms with van der Waals surface area (Å²) in [6.45, 7) is 9.08. The minimum absolute atomic E-state index is 0.122. The number of rotatable bonds is 20. The van der Waals surface area contributed by atoms with Gasteiger partial charge in [0.15, 0.2) is 0 Å². The van der Waals surface area contributed by atoms with E-state index < -0.39 is 0 Å². The lowest BCUT2D eigenvalue weighted by Crippen LogP contribution is -2.09. The van der Waals surface area contributed by atoms with Gasteiger partial charge in [-0.15, -0.1) is 0 Å². The Balaban J connectivity index is 3.07. The second-order valence-electron chi connectivity index (χ2n) is 7.95. The molecule has 3 heteroatoms. The molecule has 152 valence electrons. The molecule has 0 radical (unpaired) electrons. The van der Waals surface area contributed by atoms with Gasteiger partial charge < -0.3 is 0 Å². The van der Waals surface area contributed by atoms with E-state index >= 15 is 0 Å². The van der Waals surface area contributed by atoms with Crippen molar-refractivity contribution in [1.82, 2.24) is 0 Å². The molecule has 0 aliphatic carbocycles. The summed E-state index contributed by atoms with van der Waals surface area (Å²) >= 11 is 0. The van der Waals surface area contributed by atoms with Gasteiger partial charge in [0.05, 0.1) is 12.7 Å². The minimum Gasteiger partial charge on any atom is -0.206 e. The second kappa shape index (κ2) is 20.2. The van der Waals surface area contributed by atoms with Crippen molar-refractivity contribution in [3.8, 4) is 0 Å². The SMILES string of the molecule is CCOOOC(C)CCCCCCCCCCCCCCCC(C)C. The number of hydrogen-bond donors (Lipinski definition) is 0. The summed E-state index contributed by atoms with van der Waals surface area (Å²) < 4.78 is 0. The van der Waals surface area contributed by atoms with Gasteiger partial charge in [-0.2, -0.15) is 0 Å². The summed E-state index contributed by atoms with van der Waals surface area (Å²) in [5.41, 5.74) is 0. The van der Waals surface area contributed by atoms with Crippen molar-refractivity contribution < 1.29 is 14.8 Å². The van der Waals surface area contributed by atoms with Crippen LogP contribution in [-0.4, -0.2) is 12.7 Å². The van der Waals surface area contributed by atoms with Crippen LogP contribution >= 0.6 is 0 Å². The minimum atomic E-state index is 0.122. The zero-order chi connectivity index (χ0) is 18.6. The molecule has 3 nitrogen and oxygen atoms in total. The van der Waals surface area contributed by atoms with Crippen molar-refractivity contribution in [1.29, 1.82) is 0 Å². The van der Waals surface area contributed by atoms with Crippen LogP contribution in [0.15, 0.2) is 0 Å². The Morgan fingerprint density at radius 2 is 0.960 bits per heavy atom. The summed E-state index contributed by atoms with van der Waals surface area (Å²) in [5.74, 6) is 0.881. The molecule has 0 aromatic heterocycles. The molecule has 0 saturated heterocycles. The van der Waals surface area contributed by atoms with Crippen molar-refractivity contribution in [2.45, 2.75) is 130 Å². The molecule has 0 amide bonds. The van der Waals surface area contributed by atoms with Crippen LogP contribution in [0.4, 0.5) is 0 Å². The van der Waals surface area contributed by atoms with Gasteiger partial charge in [0.1, 0.15) is 0 Å². The van der Waals surface area contributed by atoms with Gasteiger partial charge >= 0.3 is 0 Å². The van der Waals surface area contributed by atoms with Crippen LogP contribution in [-0.2, 0) is 14.8 Å². The number of hydrogen-bond acceptors (Lipinski definition) is 3. The van der Waals surface area contributed by atoms with Crippen LogP contribution in [0.3, 0.4) is 0 Å². The van der Waals surface area contributed by atoms with Gasteiger partial charge in [0.25, 0.3) is 0 Å². The zero-order valence-electron chi connectivity index (χ0n) is 17.7. The molecular weight excluding hydrogens is 312 g/mol. The van der Waals surface area contributed by atoms with Crippen LogP contribution in [0.5, 0.6) is 0 Å². The molecule has 0 fully saturated rings. The fourth-order valence-electron chi connectivity index (χ4n) is 3.12. The lowest BCUT2D eigenvalue weighted by atomic mass is 10.0. The molecule has 1 atom stereocenters. The van der Waals surface area contributed by atoms with Gasteiger partial charge in [-0.25, -0.2) is 9.78 Å². The third-order valence-corrected chi connectivity index (χ3v) is 4.76. The molecule has 0 aliphatic rings. The Bertz CT molecular complexity index is 243. The first-order valence-electron chi connectivity index (χ1n) is 11.1. The normalized spacial score (nSPS) is 12.8. The van der Waals surface area contributed by atoms with E-state index in [1.807, 2.05) is 13.8 Å². The number of unbranched alkanes of at least 4 members (excludes halogenated alkanes) is 12. The standard InChI is InChI=1S/C22H46O3/c1-5-23-25-24-22(4)20-18-16-14-12-10-8-6-7-9-11-13-15-17-19-21(2)3/h21-22H,5-20H2,1-4H3. The highest BCUT2D eigenvalue weighted by Gasteiger charge is 2.03. The van der Waals surface area contributed by atoms with Gasteiger partial charge in [0, 0.05) is 0 Å². The molecule has 0 aromatic rings. The van der Waals surface area contributed by atoms with Crippen molar-refractivity contribution in [2.24, 2.45) is 5.92 Å². The summed E-state index contributed by atoms with van der Waals surface area (Å²) in [6, 6.07) is 0. The largest absolute Gasteiger partial charge is 0.206 e. The van der Waals surface area contributed by atoms with Gasteiger partial charge in [0.2, 0.25) is 0 Å². The topological polar surface area (TPSA) is 27.7 Å². The van der Waals surface area contributed by atoms with Crippen molar-refractivity contribution in [3.63, 3.8) is 0 Å². The summed E-state index contributed by atoms with van der Waals surface area (Å²) in [7, 11) is 0. The lowest BCUT2D eigenvalue weighted by molar-refractivity contribution is -0.524. The average Bonchev–Trinajstić information content (AvgIpc) is 2.58. The van der Waals surface area contributed by atoms with E-state index in [0.717, 1.165) is 12.3 Å². The molecule has 25 heavy (non-hydrogen) atoms. The predicted molar refractivity (Wildman–Crippen MR) is 107 cm³/mol. The quantitative estimate of drug-likeness (QED) is 0.126. The van der Waals surface area contributed by atoms with E-state index in [2.05, 4.69) is 18.9 Å². The molecular formula is C22H46O3. The predicted octanol–water partition coefficient (Wildman–Crippen LogP) is 7.78. The molecule has 0 saturated carbocycles. The fraction of sp³-hybridized carbons (Fsp3) is 1.00. The Labute approximate surface area is 158 Å². The third kappa shape index (κ3) is 21.8. The second-order valence-corrected chi connectivity index (χ2v) is 7.95. The molecule has 0 N–H and O–H groups in total. The van der Waals surface area contributed by atoms with Crippen molar-refractivity contribution in [2.75, 3.05) is 6.61 Å². The maximum absolute atomic E-state index is 5.08. The molecule has 0 spiro atoms. The molecule has 0 aliphatic heterocycles. The van der Waals surface area contributed by atoms with Crippen LogP contribution in [0.2, 0.25) is 0 Å². The van der Waals surface area contributed by atoms with Crippen LogP contribution in [0.1, 0.15) is 124 Å². The lowest BCUT2D eigenvalue weighted by Gasteiger charge is -2.09. The smallest absolute Gasteiger partial charge is 0.0933 e. The monoisotopic (exact) mass is 358 g/mol. The van der Waals surface area contributed by atoms with Crippen LogP contribution in [0.25, 0.3) is 0 Å². The van der Waals surface area contributed by atoms with Gasteiger partial charge in [-0.05, 0) is 26.2 Å². The molecule has 1 unspecified atom stereocenters. The average molecular weight is 359 g/mol. The molecule has 0 aromatic carbocycles. The van der Waals surface area contributed by atoms with E-state index in [-0.39, 0.29) is 6.10 Å². The van der Waals surface area contributed by atoms with E-state index in [1.54, 1.807) is 0 Å². The van der Waals surface area contributed by atoms with E-state index in [1.165, 1.54) is 89.9 Å². The molecule has 0 bridgehead atoms. The van der Waals surface area contributed by atoms with Gasteiger partial charge in [-0.3, -0.25) is 0 Å². The highest BCUT2D eigenvalue weighted by molar-refractivity contribution is 4.52. The van der Waals surface area contributed by atoms with Crippen molar-refractivity contribution in [3.05, 3.63) is 0 Å². The van der Waals surface area contributed by atoms with Gasteiger partial charge in [-0.1, -0.05) is 109 Å². The Morgan fingerprint density at radius 1 is 0.560 bits per heavy atom. The van der Waals surface area contributed by atoms with Crippen LogP contribution in [0, 0.1) is 5.92 Å². The summed E-state index contributed by atoms with van der Waals surface area (Å²) in [5, 5.41) is 4.62. The Hall–Kier alpha value is -0.120.